The van der Waals surface area contributed by atoms with Crippen molar-refractivity contribution in [1.82, 2.24) is 10.1 Å². The summed E-state index contributed by atoms with van der Waals surface area (Å²) in [6, 6.07) is 11.1. The molecule has 0 amide bonds. The number of nitrogens with two attached hydrogens (primary N) is 1. The Kier molecular flexibility index (Phi) is 2.87. The summed E-state index contributed by atoms with van der Waals surface area (Å²) in [5, 5.41) is 3.82. The van der Waals surface area contributed by atoms with Crippen molar-refractivity contribution < 1.29 is 4.52 Å². The molecule has 0 aliphatic heterocycles. The van der Waals surface area contributed by atoms with E-state index in [1.54, 1.807) is 12.3 Å². The molecule has 2 aromatic heterocycles. The predicted molar refractivity (Wildman–Crippen MR) is 77.1 cm³/mol. The van der Waals surface area contributed by atoms with Gasteiger partial charge in [-0.3, -0.25) is 4.79 Å². The van der Waals surface area contributed by atoms with Crippen LogP contribution in [-0.4, -0.2) is 10.1 Å². The minimum Gasteiger partial charge on any atom is -0.380 e. The summed E-state index contributed by atoms with van der Waals surface area (Å²) in [4.78, 5) is 14.0. The lowest BCUT2D eigenvalue weighted by Crippen LogP contribution is -2.02. The third-order valence-electron chi connectivity index (χ3n) is 3.06. The van der Waals surface area contributed by atoms with Crippen LogP contribution in [0.25, 0.3) is 22.5 Å². The van der Waals surface area contributed by atoms with E-state index in [1.165, 1.54) is 6.07 Å². The fourth-order valence-corrected chi connectivity index (χ4v) is 2.16. The van der Waals surface area contributed by atoms with Gasteiger partial charge in [-0.15, -0.1) is 0 Å². The van der Waals surface area contributed by atoms with Gasteiger partial charge in [0.1, 0.15) is 0 Å². The second-order valence-electron chi connectivity index (χ2n) is 4.58. The molecule has 0 spiro atoms. The average molecular weight is 267 g/mol. The minimum absolute atomic E-state index is 0.201. The summed E-state index contributed by atoms with van der Waals surface area (Å²) in [5.74, 6) is 0.810. The number of aromatic amines is 1. The van der Waals surface area contributed by atoms with E-state index in [9.17, 15) is 4.79 Å². The van der Waals surface area contributed by atoms with Crippen LogP contribution in [0.15, 0.2) is 51.9 Å². The molecule has 3 N–H and O–H groups in total. The van der Waals surface area contributed by atoms with E-state index in [-0.39, 0.29) is 5.56 Å². The SMILES string of the molecule is Cc1cccc(-c2c(N)noc2-c2cc[nH]c(=O)c2)c1. The first-order valence-corrected chi connectivity index (χ1v) is 6.16. The first-order valence-electron chi connectivity index (χ1n) is 6.16. The summed E-state index contributed by atoms with van der Waals surface area (Å²) in [7, 11) is 0. The highest BCUT2D eigenvalue weighted by molar-refractivity contribution is 5.86. The molecule has 3 rings (SSSR count). The summed E-state index contributed by atoms with van der Waals surface area (Å²) in [5.41, 5.74) is 9.09. The number of aryl methyl sites for hydroxylation is 1. The van der Waals surface area contributed by atoms with E-state index in [0.29, 0.717) is 22.7 Å². The lowest BCUT2D eigenvalue weighted by Gasteiger charge is -2.03. The Morgan fingerprint density at radius 1 is 1.20 bits per heavy atom. The van der Waals surface area contributed by atoms with E-state index in [0.717, 1.165) is 11.1 Å². The van der Waals surface area contributed by atoms with Crippen molar-refractivity contribution >= 4 is 5.82 Å². The summed E-state index contributed by atoms with van der Waals surface area (Å²) >= 11 is 0. The molecule has 100 valence electrons. The van der Waals surface area contributed by atoms with Crippen molar-refractivity contribution in [2.45, 2.75) is 6.92 Å². The van der Waals surface area contributed by atoms with Gasteiger partial charge in [0.2, 0.25) is 5.56 Å². The van der Waals surface area contributed by atoms with Crippen LogP contribution >= 0.6 is 0 Å². The molecular formula is C15H13N3O2. The number of nitrogens with one attached hydrogen (secondary N) is 1. The van der Waals surface area contributed by atoms with Gasteiger partial charge in [-0.1, -0.05) is 35.0 Å². The topological polar surface area (TPSA) is 84.9 Å². The molecule has 0 atom stereocenters. The highest BCUT2D eigenvalue weighted by atomic mass is 16.5. The molecule has 5 heteroatoms. The van der Waals surface area contributed by atoms with Gasteiger partial charge in [0.15, 0.2) is 11.6 Å². The molecule has 0 bridgehead atoms. The van der Waals surface area contributed by atoms with Crippen molar-refractivity contribution in [2.75, 3.05) is 5.73 Å². The normalized spacial score (nSPS) is 10.7. The molecular weight excluding hydrogens is 254 g/mol. The van der Waals surface area contributed by atoms with Crippen LogP contribution in [0.1, 0.15) is 5.56 Å². The van der Waals surface area contributed by atoms with Crippen LogP contribution in [0.4, 0.5) is 5.82 Å². The molecule has 0 saturated carbocycles. The standard InChI is InChI=1S/C15H13N3O2/c1-9-3-2-4-10(7-9)13-14(20-18-15(13)16)11-5-6-17-12(19)8-11/h2-8H,1H3,(H2,16,18)(H,17,19). The van der Waals surface area contributed by atoms with Gasteiger partial charge in [-0.05, 0) is 18.6 Å². The zero-order valence-corrected chi connectivity index (χ0v) is 10.9. The number of hydrogen-bond acceptors (Lipinski definition) is 4. The Morgan fingerprint density at radius 2 is 2.05 bits per heavy atom. The first kappa shape index (κ1) is 12.2. The maximum atomic E-state index is 11.4. The van der Waals surface area contributed by atoms with Crippen LogP contribution in [0, 0.1) is 6.92 Å². The summed E-state index contributed by atoms with van der Waals surface area (Å²) in [6.07, 6.45) is 1.57. The van der Waals surface area contributed by atoms with Gasteiger partial charge in [0.05, 0.1) is 5.56 Å². The Morgan fingerprint density at radius 3 is 2.80 bits per heavy atom. The number of benzene rings is 1. The number of nitrogens with zero attached hydrogens (tertiary/aromatic N) is 1. The number of pyridine rings is 1. The molecule has 0 aliphatic carbocycles. The van der Waals surface area contributed by atoms with E-state index in [1.807, 2.05) is 31.2 Å². The number of H-pyrrole nitrogens is 1. The Balaban J connectivity index is 2.22. The fourth-order valence-electron chi connectivity index (χ4n) is 2.16. The van der Waals surface area contributed by atoms with Gasteiger partial charge in [-0.25, -0.2) is 0 Å². The molecule has 0 unspecified atom stereocenters. The zero-order chi connectivity index (χ0) is 14.1. The van der Waals surface area contributed by atoms with Gasteiger partial charge in [0, 0.05) is 17.8 Å². The van der Waals surface area contributed by atoms with E-state index >= 15 is 0 Å². The van der Waals surface area contributed by atoms with Crippen LogP contribution in [-0.2, 0) is 0 Å². The number of hydrogen-bond donors (Lipinski definition) is 2. The molecule has 1 aromatic carbocycles. The largest absolute Gasteiger partial charge is 0.380 e. The lowest BCUT2D eigenvalue weighted by molar-refractivity contribution is 0.436. The van der Waals surface area contributed by atoms with Crippen LogP contribution in [0.2, 0.25) is 0 Å². The minimum atomic E-state index is -0.201. The molecule has 20 heavy (non-hydrogen) atoms. The lowest BCUT2D eigenvalue weighted by atomic mass is 10.0. The monoisotopic (exact) mass is 267 g/mol. The van der Waals surface area contributed by atoms with Crippen LogP contribution < -0.4 is 11.3 Å². The van der Waals surface area contributed by atoms with Crippen molar-refractivity contribution in [3.8, 4) is 22.5 Å². The molecule has 0 aliphatic rings. The third kappa shape index (κ3) is 2.09. The predicted octanol–water partition coefficient (Wildman–Crippen LogP) is 2.59. The first-order chi connectivity index (χ1) is 9.65. The van der Waals surface area contributed by atoms with E-state index < -0.39 is 0 Å². The molecule has 0 radical (unpaired) electrons. The second-order valence-corrected chi connectivity index (χ2v) is 4.58. The Labute approximate surface area is 115 Å². The number of nitrogen functional groups attached to an aromatic ring is 1. The number of aromatic nitrogens is 2. The molecule has 0 fully saturated rings. The van der Waals surface area contributed by atoms with Gasteiger partial charge < -0.3 is 15.2 Å². The number of rotatable bonds is 2. The molecule has 0 saturated heterocycles. The van der Waals surface area contributed by atoms with Crippen molar-refractivity contribution in [3.05, 3.63) is 58.5 Å². The van der Waals surface area contributed by atoms with Gasteiger partial charge in [0.25, 0.3) is 0 Å². The van der Waals surface area contributed by atoms with E-state index in [4.69, 9.17) is 10.3 Å². The second kappa shape index (κ2) is 4.70. The van der Waals surface area contributed by atoms with Crippen LogP contribution in [0.3, 0.4) is 0 Å². The van der Waals surface area contributed by atoms with E-state index in [2.05, 4.69) is 10.1 Å². The molecule has 3 aromatic rings. The Bertz CT molecular complexity index is 818. The van der Waals surface area contributed by atoms with Gasteiger partial charge in [-0.2, -0.15) is 0 Å². The molecule has 2 heterocycles. The van der Waals surface area contributed by atoms with Crippen LogP contribution in [0.5, 0.6) is 0 Å². The Hall–Kier alpha value is -2.82. The fraction of sp³-hybridized carbons (Fsp3) is 0.0667. The third-order valence-corrected chi connectivity index (χ3v) is 3.06. The quantitative estimate of drug-likeness (QED) is 0.747. The summed E-state index contributed by atoms with van der Waals surface area (Å²) < 4.78 is 5.30. The maximum Gasteiger partial charge on any atom is 0.248 e. The average Bonchev–Trinajstić information content (AvgIpc) is 2.80. The van der Waals surface area contributed by atoms with Crippen molar-refractivity contribution in [2.24, 2.45) is 0 Å². The zero-order valence-electron chi connectivity index (χ0n) is 10.9. The smallest absolute Gasteiger partial charge is 0.248 e. The molecule has 5 nitrogen and oxygen atoms in total. The van der Waals surface area contributed by atoms with Crippen molar-refractivity contribution in [1.29, 1.82) is 0 Å². The number of anilines is 1. The van der Waals surface area contributed by atoms with Gasteiger partial charge >= 0.3 is 0 Å². The van der Waals surface area contributed by atoms with Crippen molar-refractivity contribution in [3.63, 3.8) is 0 Å². The highest BCUT2D eigenvalue weighted by Crippen LogP contribution is 2.36. The summed E-state index contributed by atoms with van der Waals surface area (Å²) in [6.45, 7) is 2.00. The highest BCUT2D eigenvalue weighted by Gasteiger charge is 2.17. The maximum absolute atomic E-state index is 11.4.